The Labute approximate surface area is 309 Å². The van der Waals surface area contributed by atoms with Gasteiger partial charge < -0.3 is 47.9 Å². The summed E-state index contributed by atoms with van der Waals surface area (Å²) >= 11 is 0. The highest BCUT2D eigenvalue weighted by atomic mass is 16.6. The number of unbranched alkanes of at least 4 members (excludes halogenated alkanes) is 9. The molecule has 52 heavy (non-hydrogen) atoms. The molecule has 0 saturated carbocycles. The lowest BCUT2D eigenvalue weighted by Gasteiger charge is -2.09. The zero-order valence-corrected chi connectivity index (χ0v) is 31.4. The number of nitro groups is 2. The van der Waals surface area contributed by atoms with E-state index < -0.39 is 9.85 Å². The Kier molecular flexibility index (Phi) is 33.6. The van der Waals surface area contributed by atoms with Gasteiger partial charge in [-0.05, 0) is 12.5 Å². The minimum Gasteiger partial charge on any atom is -0.379 e. The van der Waals surface area contributed by atoms with Crippen molar-refractivity contribution in [3.05, 3.63) is 38.4 Å². The average molecular weight is 748 g/mol. The molecule has 302 valence electrons. The van der Waals surface area contributed by atoms with Gasteiger partial charge in [0.05, 0.1) is 128 Å². The molecule has 0 unspecified atom stereocenters. The monoisotopic (exact) mass is 747 g/mol. The fraction of sp³-hybridized carbons (Fsp3) is 0.833. The third-order valence-electron chi connectivity index (χ3n) is 7.57. The van der Waals surface area contributed by atoms with Gasteiger partial charge in [-0.3, -0.25) is 20.2 Å². The first-order valence-corrected chi connectivity index (χ1v) is 18.9. The summed E-state index contributed by atoms with van der Waals surface area (Å²) in [7, 11) is 0. The Morgan fingerprint density at radius 2 is 0.808 bits per heavy atom. The molecule has 0 saturated heterocycles. The summed E-state index contributed by atoms with van der Waals surface area (Å²) in [5.74, 6) is 0. The second-order valence-electron chi connectivity index (χ2n) is 11.8. The minimum absolute atomic E-state index is 0.190. The summed E-state index contributed by atoms with van der Waals surface area (Å²) < 4.78 is 49.5. The van der Waals surface area contributed by atoms with Crippen LogP contribution >= 0.6 is 0 Å². The van der Waals surface area contributed by atoms with E-state index in [1.54, 1.807) is 0 Å². The van der Waals surface area contributed by atoms with Crippen molar-refractivity contribution in [3.63, 3.8) is 0 Å². The summed E-state index contributed by atoms with van der Waals surface area (Å²) in [4.78, 5) is 20.6. The number of hydrogen-bond donors (Lipinski definition) is 1. The van der Waals surface area contributed by atoms with Crippen molar-refractivity contribution in [1.29, 1.82) is 0 Å². The second-order valence-corrected chi connectivity index (χ2v) is 11.8. The summed E-state index contributed by atoms with van der Waals surface area (Å²) in [6.07, 6.45) is 13.3. The number of nitrogens with zero attached hydrogens (tertiary/aromatic N) is 2. The third kappa shape index (κ3) is 30.0. The van der Waals surface area contributed by atoms with E-state index in [0.717, 1.165) is 19.1 Å². The van der Waals surface area contributed by atoms with E-state index in [2.05, 4.69) is 12.2 Å². The number of hydrogen-bond acceptors (Lipinski definition) is 14. The molecule has 0 heterocycles. The first kappa shape index (κ1) is 47.5. The van der Waals surface area contributed by atoms with Crippen molar-refractivity contribution in [1.82, 2.24) is 0 Å². The maximum atomic E-state index is 11.2. The van der Waals surface area contributed by atoms with Crippen LogP contribution in [0.3, 0.4) is 0 Å². The normalized spacial score (nSPS) is 11.3. The summed E-state index contributed by atoms with van der Waals surface area (Å²) in [6.45, 7) is 11.4. The van der Waals surface area contributed by atoms with E-state index in [-0.39, 0.29) is 23.7 Å². The van der Waals surface area contributed by atoms with Crippen LogP contribution in [0.1, 0.15) is 71.1 Å². The van der Waals surface area contributed by atoms with Crippen LogP contribution in [0, 0.1) is 20.2 Å². The standard InChI is InChI=1S/C36H65N3O13/c1-2-3-4-5-6-7-8-9-10-11-15-44-17-19-46-21-23-48-25-27-50-29-31-52-32-30-51-28-26-49-24-22-47-20-18-45-16-14-37-35-13-12-34(38(40)41)33-36(35)39(42)43/h12-13,33,37H,2-11,14-32H2,1H3. The molecule has 16 nitrogen and oxygen atoms in total. The van der Waals surface area contributed by atoms with Crippen LogP contribution in [0.4, 0.5) is 17.1 Å². The highest BCUT2D eigenvalue weighted by Gasteiger charge is 2.19. The Hall–Kier alpha value is -2.54. The first-order chi connectivity index (χ1) is 25.6. The van der Waals surface area contributed by atoms with Gasteiger partial charge in [-0.15, -0.1) is 0 Å². The van der Waals surface area contributed by atoms with Gasteiger partial charge in [0, 0.05) is 19.2 Å². The molecule has 0 aliphatic rings. The fourth-order valence-electron chi connectivity index (χ4n) is 4.74. The van der Waals surface area contributed by atoms with Crippen LogP contribution in [0.2, 0.25) is 0 Å². The van der Waals surface area contributed by atoms with Crippen molar-refractivity contribution < 1.29 is 52.5 Å². The molecule has 1 N–H and O–H groups in total. The number of rotatable bonds is 41. The smallest absolute Gasteiger partial charge is 0.299 e. The molecular formula is C36H65N3O13. The van der Waals surface area contributed by atoms with Gasteiger partial charge in [-0.25, -0.2) is 0 Å². The van der Waals surface area contributed by atoms with Crippen molar-refractivity contribution in [3.8, 4) is 0 Å². The van der Waals surface area contributed by atoms with Gasteiger partial charge >= 0.3 is 0 Å². The predicted molar refractivity (Wildman–Crippen MR) is 197 cm³/mol. The molecule has 0 amide bonds. The van der Waals surface area contributed by atoms with Gasteiger partial charge in [0.2, 0.25) is 0 Å². The fourth-order valence-corrected chi connectivity index (χ4v) is 4.74. The quantitative estimate of drug-likeness (QED) is 0.0469. The average Bonchev–Trinajstić information content (AvgIpc) is 3.14. The van der Waals surface area contributed by atoms with Gasteiger partial charge in [-0.1, -0.05) is 64.7 Å². The maximum absolute atomic E-state index is 11.2. The van der Waals surface area contributed by atoms with Crippen molar-refractivity contribution in [2.75, 3.05) is 131 Å². The Morgan fingerprint density at radius 1 is 0.462 bits per heavy atom. The van der Waals surface area contributed by atoms with E-state index in [1.165, 1.54) is 69.9 Å². The number of nitrogens with one attached hydrogen (secondary N) is 1. The molecule has 0 spiro atoms. The lowest BCUT2D eigenvalue weighted by molar-refractivity contribution is -0.393. The van der Waals surface area contributed by atoms with E-state index in [0.29, 0.717) is 112 Å². The molecule has 0 aliphatic carbocycles. The molecule has 0 aromatic heterocycles. The van der Waals surface area contributed by atoms with Gasteiger partial charge in [0.1, 0.15) is 5.69 Å². The summed E-state index contributed by atoms with van der Waals surface area (Å²) in [6, 6.07) is 3.44. The molecule has 1 aromatic carbocycles. The largest absolute Gasteiger partial charge is 0.379 e. The molecular weight excluding hydrogens is 682 g/mol. The topological polar surface area (TPSA) is 181 Å². The first-order valence-electron chi connectivity index (χ1n) is 18.9. The molecule has 0 aliphatic heterocycles. The van der Waals surface area contributed by atoms with Crippen LogP contribution in [-0.2, 0) is 42.6 Å². The van der Waals surface area contributed by atoms with Crippen LogP contribution in [0.5, 0.6) is 0 Å². The van der Waals surface area contributed by atoms with Gasteiger partial charge in [-0.2, -0.15) is 0 Å². The SMILES string of the molecule is CCCCCCCCCCCCOCCOCCOCCOCCOCCOCCOCCOCCOCCNc1ccc([N+](=O)[O-])cc1[N+](=O)[O-]. The van der Waals surface area contributed by atoms with Crippen LogP contribution in [0.25, 0.3) is 0 Å². The molecule has 16 heteroatoms. The van der Waals surface area contributed by atoms with Gasteiger partial charge in [0.15, 0.2) is 0 Å². The van der Waals surface area contributed by atoms with E-state index in [1.807, 2.05) is 0 Å². The Morgan fingerprint density at radius 3 is 1.17 bits per heavy atom. The summed E-state index contributed by atoms with van der Waals surface area (Å²) in [5.41, 5.74) is -0.513. The number of non-ortho nitro benzene ring substituents is 1. The highest BCUT2D eigenvalue weighted by Crippen LogP contribution is 2.28. The van der Waals surface area contributed by atoms with Crippen LogP contribution in [-0.4, -0.2) is 135 Å². The lowest BCUT2D eigenvalue weighted by Crippen LogP contribution is -2.15. The summed E-state index contributed by atoms with van der Waals surface area (Å²) in [5, 5.41) is 24.8. The van der Waals surface area contributed by atoms with Crippen LogP contribution in [0.15, 0.2) is 18.2 Å². The number of nitro benzene ring substituents is 2. The lowest BCUT2D eigenvalue weighted by atomic mass is 10.1. The van der Waals surface area contributed by atoms with Crippen molar-refractivity contribution in [2.45, 2.75) is 71.1 Å². The van der Waals surface area contributed by atoms with Crippen molar-refractivity contribution >= 4 is 17.1 Å². The van der Waals surface area contributed by atoms with E-state index in [4.69, 9.17) is 42.6 Å². The Balaban J connectivity index is 1.70. The van der Waals surface area contributed by atoms with Crippen molar-refractivity contribution in [2.24, 2.45) is 0 Å². The maximum Gasteiger partial charge on any atom is 0.299 e. The molecule has 1 rings (SSSR count). The van der Waals surface area contributed by atoms with E-state index >= 15 is 0 Å². The third-order valence-corrected chi connectivity index (χ3v) is 7.57. The molecule has 0 bridgehead atoms. The molecule has 1 aromatic rings. The zero-order valence-electron chi connectivity index (χ0n) is 31.4. The predicted octanol–water partition coefficient (Wildman–Crippen LogP) is 5.99. The Bertz CT molecular complexity index is 977. The highest BCUT2D eigenvalue weighted by molar-refractivity contribution is 5.65. The van der Waals surface area contributed by atoms with Crippen LogP contribution < -0.4 is 5.32 Å². The van der Waals surface area contributed by atoms with E-state index in [9.17, 15) is 20.2 Å². The number of anilines is 1. The number of ether oxygens (including phenoxy) is 9. The zero-order chi connectivity index (χ0) is 37.6. The second kappa shape index (κ2) is 36.8. The van der Waals surface area contributed by atoms with Gasteiger partial charge in [0.25, 0.3) is 11.4 Å². The number of benzene rings is 1. The minimum atomic E-state index is -0.677. The molecule has 0 atom stereocenters. The molecule has 0 fully saturated rings. The molecule has 0 radical (unpaired) electrons.